The van der Waals surface area contributed by atoms with Gasteiger partial charge in [-0.05, 0) is 100 Å². The van der Waals surface area contributed by atoms with Crippen molar-refractivity contribution >= 4 is 23.1 Å². The van der Waals surface area contributed by atoms with Gasteiger partial charge >= 0.3 is 6.09 Å². The highest BCUT2D eigenvalue weighted by molar-refractivity contribution is 5.83. The van der Waals surface area contributed by atoms with Crippen LogP contribution in [0.15, 0.2) is 67.1 Å². The minimum Gasteiger partial charge on any atom is -0.444 e. The lowest BCUT2D eigenvalue weighted by molar-refractivity contribution is 0.0196. The number of carbonyl (C=O) groups excluding carboxylic acids is 1. The summed E-state index contributed by atoms with van der Waals surface area (Å²) < 4.78 is 9.38. The Labute approximate surface area is 256 Å². The standard InChI is InChI=1S/C33H37N9O2/c1-33(2,3)44-32(43)40-16-11-23(12-17-40)37-24-18-21-7-8-25(20-22(21)19-24)42-30(26-6-4-13-35-29(26)34)38-27-9-10-28(39-31(27)42)41-15-5-14-36-41/h4-10,13-15,20,23-24,37H,11-12,16-19H2,1-3H3,(H2,34,35)/t24-/m0/s1. The van der Waals surface area contributed by atoms with Gasteiger partial charge in [0.05, 0.1) is 5.56 Å². The van der Waals surface area contributed by atoms with E-state index in [2.05, 4.69) is 38.2 Å². The van der Waals surface area contributed by atoms with Crippen LogP contribution < -0.4 is 11.1 Å². The summed E-state index contributed by atoms with van der Waals surface area (Å²) in [6, 6.07) is 16.9. The first-order chi connectivity index (χ1) is 21.2. The van der Waals surface area contributed by atoms with Gasteiger partial charge in [0.25, 0.3) is 0 Å². The molecule has 11 nitrogen and oxygen atoms in total. The van der Waals surface area contributed by atoms with Crippen LogP contribution in [0, 0.1) is 0 Å². The number of pyridine rings is 2. The number of ether oxygens (including phenoxy) is 1. The van der Waals surface area contributed by atoms with Crippen molar-refractivity contribution in [2.45, 2.75) is 64.1 Å². The van der Waals surface area contributed by atoms with Gasteiger partial charge < -0.3 is 20.7 Å². The van der Waals surface area contributed by atoms with Crippen LogP contribution in [0.4, 0.5) is 10.6 Å². The van der Waals surface area contributed by atoms with Crippen molar-refractivity contribution in [3.8, 4) is 22.9 Å². The highest BCUT2D eigenvalue weighted by Crippen LogP contribution is 2.33. The number of aromatic nitrogens is 6. The van der Waals surface area contributed by atoms with Gasteiger partial charge in [0.2, 0.25) is 0 Å². The van der Waals surface area contributed by atoms with Gasteiger partial charge in [-0.1, -0.05) is 6.07 Å². The quantitative estimate of drug-likeness (QED) is 0.301. The van der Waals surface area contributed by atoms with Gasteiger partial charge in [-0.25, -0.2) is 24.4 Å². The molecule has 11 heteroatoms. The van der Waals surface area contributed by atoms with Gasteiger partial charge in [0.15, 0.2) is 17.3 Å². The summed E-state index contributed by atoms with van der Waals surface area (Å²) >= 11 is 0. The number of piperidine rings is 1. The van der Waals surface area contributed by atoms with Crippen LogP contribution in [0.3, 0.4) is 0 Å². The molecule has 1 aliphatic heterocycles. The Morgan fingerprint density at radius 1 is 0.977 bits per heavy atom. The van der Waals surface area contributed by atoms with Crippen LogP contribution in [0.2, 0.25) is 0 Å². The average Bonchev–Trinajstić information content (AvgIpc) is 3.75. The topological polar surface area (TPSA) is 129 Å². The summed E-state index contributed by atoms with van der Waals surface area (Å²) in [7, 11) is 0. The summed E-state index contributed by atoms with van der Waals surface area (Å²) in [6.07, 6.45) is 8.80. The van der Waals surface area contributed by atoms with Crippen molar-refractivity contribution in [1.29, 1.82) is 0 Å². The third kappa shape index (κ3) is 5.50. The zero-order valence-corrected chi connectivity index (χ0v) is 25.3. The molecule has 3 N–H and O–H groups in total. The van der Waals surface area contributed by atoms with Crippen molar-refractivity contribution in [1.82, 2.24) is 39.5 Å². The molecule has 1 atom stereocenters. The fourth-order valence-corrected chi connectivity index (χ4v) is 6.26. The van der Waals surface area contributed by atoms with E-state index in [0.29, 0.717) is 42.6 Å². The number of amides is 1. The lowest BCUT2D eigenvalue weighted by Crippen LogP contribution is -2.49. The summed E-state index contributed by atoms with van der Waals surface area (Å²) in [5.41, 5.74) is 11.7. The van der Waals surface area contributed by atoms with Crippen LogP contribution in [0.25, 0.3) is 34.1 Å². The molecule has 7 rings (SSSR count). The predicted molar refractivity (Wildman–Crippen MR) is 169 cm³/mol. The van der Waals surface area contributed by atoms with Crippen molar-refractivity contribution in [3.05, 3.63) is 78.2 Å². The summed E-state index contributed by atoms with van der Waals surface area (Å²) in [5.74, 6) is 1.82. The third-order valence-electron chi connectivity index (χ3n) is 8.31. The number of likely N-dealkylation sites (tertiary alicyclic amines) is 1. The number of nitrogens with two attached hydrogens (primary N) is 1. The Balaban J connectivity index is 1.14. The molecule has 5 heterocycles. The molecule has 226 valence electrons. The largest absolute Gasteiger partial charge is 0.444 e. The van der Waals surface area contributed by atoms with E-state index in [1.807, 2.05) is 62.2 Å². The fraction of sp³-hybridized carbons (Fsp3) is 0.364. The zero-order valence-electron chi connectivity index (χ0n) is 25.3. The smallest absolute Gasteiger partial charge is 0.410 e. The van der Waals surface area contributed by atoms with Gasteiger partial charge in [-0.3, -0.25) is 4.57 Å². The van der Waals surface area contributed by atoms with E-state index in [1.165, 1.54) is 11.1 Å². The monoisotopic (exact) mass is 591 g/mol. The van der Waals surface area contributed by atoms with E-state index in [1.54, 1.807) is 17.1 Å². The number of hydrogen-bond donors (Lipinski definition) is 2. The van der Waals surface area contributed by atoms with Crippen LogP contribution in [-0.2, 0) is 17.6 Å². The van der Waals surface area contributed by atoms with E-state index in [0.717, 1.165) is 48.1 Å². The van der Waals surface area contributed by atoms with Gasteiger partial charge in [0.1, 0.15) is 16.9 Å². The minimum atomic E-state index is -0.479. The number of nitrogen functional groups attached to an aromatic ring is 1. The molecule has 0 unspecified atom stereocenters. The SMILES string of the molecule is CC(C)(C)OC(=O)N1CCC(N[C@H]2Cc3ccc(-n4c(-c5cccnc5N)nc5ccc(-n6cccn6)nc54)cc3C2)CC1. The molecule has 2 aliphatic rings. The predicted octanol–water partition coefficient (Wildman–Crippen LogP) is 4.71. The summed E-state index contributed by atoms with van der Waals surface area (Å²) in [5, 5.41) is 8.25. The van der Waals surface area contributed by atoms with Gasteiger partial charge in [-0.15, -0.1) is 0 Å². The van der Waals surface area contributed by atoms with E-state index in [-0.39, 0.29) is 6.09 Å². The first-order valence-electron chi connectivity index (χ1n) is 15.2. The Hall–Kier alpha value is -4.77. The Morgan fingerprint density at radius 2 is 1.80 bits per heavy atom. The van der Waals surface area contributed by atoms with Crippen LogP contribution in [0.1, 0.15) is 44.7 Å². The maximum atomic E-state index is 12.5. The van der Waals surface area contributed by atoms with Crippen molar-refractivity contribution < 1.29 is 9.53 Å². The number of imidazole rings is 1. The number of nitrogens with one attached hydrogen (secondary N) is 1. The molecule has 1 amide bonds. The average molecular weight is 592 g/mol. The number of rotatable bonds is 5. The second kappa shape index (κ2) is 11.1. The second-order valence-corrected chi connectivity index (χ2v) is 12.6. The minimum absolute atomic E-state index is 0.220. The van der Waals surface area contributed by atoms with E-state index >= 15 is 0 Å². The number of benzene rings is 1. The maximum absolute atomic E-state index is 12.5. The normalized spacial score (nSPS) is 17.2. The van der Waals surface area contributed by atoms with E-state index in [4.69, 9.17) is 20.4 Å². The Kier molecular flexibility index (Phi) is 7.04. The first kappa shape index (κ1) is 28.0. The second-order valence-electron chi connectivity index (χ2n) is 12.6. The molecule has 5 aromatic rings. The number of nitrogens with zero attached hydrogens (tertiary/aromatic N) is 7. The van der Waals surface area contributed by atoms with Crippen molar-refractivity contribution in [2.75, 3.05) is 18.8 Å². The molecule has 1 aliphatic carbocycles. The molecule has 0 spiro atoms. The Bertz CT molecular complexity index is 1820. The molecule has 4 aromatic heterocycles. The van der Waals surface area contributed by atoms with E-state index in [9.17, 15) is 4.79 Å². The number of anilines is 1. The molecule has 1 fully saturated rings. The summed E-state index contributed by atoms with van der Waals surface area (Å²) in [4.78, 5) is 28.6. The van der Waals surface area contributed by atoms with Gasteiger partial charge in [-0.2, -0.15) is 5.10 Å². The van der Waals surface area contributed by atoms with Crippen molar-refractivity contribution in [2.24, 2.45) is 0 Å². The lowest BCUT2D eigenvalue weighted by atomic mass is 10.0. The zero-order chi connectivity index (χ0) is 30.4. The molecule has 0 bridgehead atoms. The van der Waals surface area contributed by atoms with Crippen molar-refractivity contribution in [3.63, 3.8) is 0 Å². The number of hydrogen-bond acceptors (Lipinski definition) is 8. The summed E-state index contributed by atoms with van der Waals surface area (Å²) in [6.45, 7) is 7.13. The molecule has 0 radical (unpaired) electrons. The first-order valence-corrected chi connectivity index (χ1v) is 15.2. The lowest BCUT2D eigenvalue weighted by Gasteiger charge is -2.34. The molecular weight excluding hydrogens is 554 g/mol. The highest BCUT2D eigenvalue weighted by Gasteiger charge is 2.30. The van der Waals surface area contributed by atoms with Crippen LogP contribution in [-0.4, -0.2) is 71.1 Å². The number of fused-ring (bicyclic) bond motifs is 2. The molecule has 1 aromatic carbocycles. The highest BCUT2D eigenvalue weighted by atomic mass is 16.6. The maximum Gasteiger partial charge on any atom is 0.410 e. The fourth-order valence-electron chi connectivity index (χ4n) is 6.26. The molecule has 44 heavy (non-hydrogen) atoms. The van der Waals surface area contributed by atoms with Gasteiger partial charge in [0, 0.05) is 49.5 Å². The number of carbonyl (C=O) groups is 1. The van der Waals surface area contributed by atoms with Crippen LogP contribution >= 0.6 is 0 Å². The molecule has 0 saturated carbocycles. The molecular formula is C33H37N9O2. The van der Waals surface area contributed by atoms with Crippen LogP contribution in [0.5, 0.6) is 0 Å². The third-order valence-corrected chi connectivity index (χ3v) is 8.31. The van der Waals surface area contributed by atoms with E-state index < -0.39 is 5.60 Å². The Morgan fingerprint density at radius 3 is 2.55 bits per heavy atom. The molecule has 1 saturated heterocycles.